The third kappa shape index (κ3) is 5.95. The van der Waals surface area contributed by atoms with Crippen LogP contribution in [0.15, 0.2) is 42.6 Å². The number of hydrogen-bond donors (Lipinski definition) is 1. The number of rotatable bonds is 6. The summed E-state index contributed by atoms with van der Waals surface area (Å²) in [5, 5.41) is 9.79. The first-order valence-electron chi connectivity index (χ1n) is 11.7. The van der Waals surface area contributed by atoms with Crippen LogP contribution in [0.25, 0.3) is 0 Å². The van der Waals surface area contributed by atoms with Crippen LogP contribution in [0.2, 0.25) is 0 Å². The zero-order valence-electron chi connectivity index (χ0n) is 20.3. The number of aliphatic hydroxyl groups is 1. The Kier molecular flexibility index (Phi) is 8.67. The molecular weight excluding hydrogens is 430 g/mol. The quantitative estimate of drug-likeness (QED) is 0.665. The van der Waals surface area contributed by atoms with Crippen LogP contribution < -0.4 is 4.74 Å². The first kappa shape index (κ1) is 25.3. The third-order valence-electron chi connectivity index (χ3n) is 5.95. The molecule has 7 heteroatoms. The Morgan fingerprint density at radius 3 is 2.76 bits per heavy atom. The molecule has 1 N–H and O–H groups in total. The average Bonchev–Trinajstić information content (AvgIpc) is 2.86. The number of pyridine rings is 1. The summed E-state index contributed by atoms with van der Waals surface area (Å²) in [6.07, 6.45) is 2.92. The van der Waals surface area contributed by atoms with Crippen molar-refractivity contribution < 1.29 is 19.4 Å². The number of likely N-dealkylation sites (N-methyl/N-ethyl adjacent to an activating group) is 1. The van der Waals surface area contributed by atoms with Crippen molar-refractivity contribution in [3.63, 3.8) is 0 Å². The maximum Gasteiger partial charge on any atom is 0.259 e. The number of fused-ring (bicyclic) bond motifs is 1. The van der Waals surface area contributed by atoms with Crippen LogP contribution in [0.1, 0.15) is 59.9 Å². The van der Waals surface area contributed by atoms with Crippen LogP contribution in [-0.4, -0.2) is 70.6 Å². The van der Waals surface area contributed by atoms with Gasteiger partial charge in [0.05, 0.1) is 19.2 Å². The van der Waals surface area contributed by atoms with Gasteiger partial charge in [-0.1, -0.05) is 43.9 Å². The second-order valence-electron chi connectivity index (χ2n) is 8.80. The number of aliphatic hydroxyl groups excluding tert-OH is 1. The van der Waals surface area contributed by atoms with Gasteiger partial charge in [0, 0.05) is 43.3 Å². The molecular formula is C27H33N3O4. The molecule has 1 aliphatic heterocycles. The predicted octanol–water partition coefficient (Wildman–Crippen LogP) is 3.23. The Morgan fingerprint density at radius 2 is 2.09 bits per heavy atom. The topological polar surface area (TPSA) is 83.0 Å². The van der Waals surface area contributed by atoms with Gasteiger partial charge in [-0.15, -0.1) is 0 Å². The predicted molar refractivity (Wildman–Crippen MR) is 131 cm³/mol. The van der Waals surface area contributed by atoms with Crippen LogP contribution in [0.5, 0.6) is 5.88 Å². The summed E-state index contributed by atoms with van der Waals surface area (Å²) in [6.45, 7) is 6.39. The van der Waals surface area contributed by atoms with Crippen LogP contribution in [-0.2, 0) is 0 Å². The monoisotopic (exact) mass is 463 g/mol. The van der Waals surface area contributed by atoms with Gasteiger partial charge in [-0.2, -0.15) is 0 Å². The van der Waals surface area contributed by atoms with Crippen molar-refractivity contribution in [3.8, 4) is 17.7 Å². The number of hydrogen-bond acceptors (Lipinski definition) is 5. The Hall–Kier alpha value is -3.37. The fourth-order valence-electron chi connectivity index (χ4n) is 3.83. The largest absolute Gasteiger partial charge is 0.472 e. The minimum atomic E-state index is -0.401. The lowest BCUT2D eigenvalue weighted by Gasteiger charge is -2.37. The second-order valence-corrected chi connectivity index (χ2v) is 8.80. The Bertz CT molecular complexity index is 1060. The van der Waals surface area contributed by atoms with Gasteiger partial charge < -0.3 is 19.6 Å². The summed E-state index contributed by atoms with van der Waals surface area (Å²) in [7, 11) is 1.74. The van der Waals surface area contributed by atoms with E-state index in [1.54, 1.807) is 41.2 Å². The molecule has 1 aromatic carbocycles. The molecule has 2 amide bonds. The average molecular weight is 464 g/mol. The number of amides is 2. The molecule has 34 heavy (non-hydrogen) atoms. The molecule has 0 saturated carbocycles. The van der Waals surface area contributed by atoms with E-state index in [9.17, 15) is 14.7 Å². The zero-order chi connectivity index (χ0) is 24.7. The molecule has 0 saturated heterocycles. The normalized spacial score (nSPS) is 18.5. The number of benzene rings is 1. The van der Waals surface area contributed by atoms with E-state index >= 15 is 0 Å². The fraction of sp³-hybridized carbons (Fsp3) is 0.444. The van der Waals surface area contributed by atoms with Crippen molar-refractivity contribution in [2.24, 2.45) is 5.92 Å². The molecule has 1 aromatic heterocycles. The van der Waals surface area contributed by atoms with Gasteiger partial charge in [-0.05, 0) is 31.5 Å². The van der Waals surface area contributed by atoms with Crippen LogP contribution in [0.3, 0.4) is 0 Å². The van der Waals surface area contributed by atoms with E-state index in [0.717, 1.165) is 12.8 Å². The summed E-state index contributed by atoms with van der Waals surface area (Å²) in [4.78, 5) is 34.0. The van der Waals surface area contributed by atoms with Crippen molar-refractivity contribution in [1.29, 1.82) is 0 Å². The minimum Gasteiger partial charge on any atom is -0.472 e. The van der Waals surface area contributed by atoms with E-state index in [-0.39, 0.29) is 36.3 Å². The highest BCUT2D eigenvalue weighted by Gasteiger charge is 2.34. The van der Waals surface area contributed by atoms with Crippen molar-refractivity contribution in [2.45, 2.75) is 45.8 Å². The summed E-state index contributed by atoms with van der Waals surface area (Å²) in [5.41, 5.74) is 1.56. The number of ether oxygens (including phenoxy) is 1. The molecule has 0 radical (unpaired) electrons. The van der Waals surface area contributed by atoms with Crippen LogP contribution >= 0.6 is 0 Å². The lowest BCUT2D eigenvalue weighted by atomic mass is 9.99. The highest BCUT2D eigenvalue weighted by Crippen LogP contribution is 2.27. The van der Waals surface area contributed by atoms with Gasteiger partial charge in [0.2, 0.25) is 5.88 Å². The highest BCUT2D eigenvalue weighted by atomic mass is 16.5. The molecule has 180 valence electrons. The zero-order valence-corrected chi connectivity index (χ0v) is 20.3. The van der Waals surface area contributed by atoms with Crippen LogP contribution in [0.4, 0.5) is 0 Å². The molecule has 3 atom stereocenters. The summed E-state index contributed by atoms with van der Waals surface area (Å²) in [5.74, 6) is 5.89. The Balaban J connectivity index is 1.93. The lowest BCUT2D eigenvalue weighted by molar-refractivity contribution is 0.0313. The van der Waals surface area contributed by atoms with Gasteiger partial charge >= 0.3 is 0 Å². The maximum atomic E-state index is 13.4. The van der Waals surface area contributed by atoms with Crippen molar-refractivity contribution in [1.82, 2.24) is 14.8 Å². The van der Waals surface area contributed by atoms with Gasteiger partial charge in [0.15, 0.2) is 0 Å². The molecule has 0 fully saturated rings. The van der Waals surface area contributed by atoms with E-state index in [2.05, 4.69) is 23.7 Å². The van der Waals surface area contributed by atoms with E-state index in [1.807, 2.05) is 32.0 Å². The molecule has 2 aromatic rings. The van der Waals surface area contributed by atoms with Gasteiger partial charge in [-0.3, -0.25) is 9.59 Å². The molecule has 0 aliphatic carbocycles. The molecule has 0 unspecified atom stereocenters. The second kappa shape index (κ2) is 11.7. The van der Waals surface area contributed by atoms with Gasteiger partial charge in [0.1, 0.15) is 11.7 Å². The standard InChI is InChI=1S/C27H33N3O4/c1-5-6-8-11-21-14-23-25(28-15-21)34-24(19(2)16-30(27(23)33)20(3)18-31)17-29(4)26(32)22-12-9-7-10-13-22/h7,9-10,12-15,19-20,24,31H,5-6,16-18H2,1-4H3/t19-,20-,24+/m0/s1. The summed E-state index contributed by atoms with van der Waals surface area (Å²) in [6, 6.07) is 10.4. The summed E-state index contributed by atoms with van der Waals surface area (Å²) >= 11 is 0. The number of aromatic nitrogens is 1. The molecule has 1 aliphatic rings. The third-order valence-corrected chi connectivity index (χ3v) is 5.95. The number of carbonyl (C=O) groups is 2. The number of carbonyl (C=O) groups excluding carboxylic acids is 2. The Morgan fingerprint density at radius 1 is 1.35 bits per heavy atom. The van der Waals surface area contributed by atoms with Crippen molar-refractivity contribution >= 4 is 11.8 Å². The molecule has 7 nitrogen and oxygen atoms in total. The van der Waals surface area contributed by atoms with E-state index in [1.165, 1.54) is 0 Å². The van der Waals surface area contributed by atoms with Crippen LogP contribution in [0, 0.1) is 17.8 Å². The molecule has 2 heterocycles. The first-order chi connectivity index (χ1) is 16.3. The number of unbranched alkanes of at least 4 members (excludes halogenated alkanes) is 1. The lowest BCUT2D eigenvalue weighted by Crippen LogP contribution is -2.50. The molecule has 3 rings (SSSR count). The smallest absolute Gasteiger partial charge is 0.259 e. The van der Waals surface area contributed by atoms with E-state index in [4.69, 9.17) is 4.74 Å². The maximum absolute atomic E-state index is 13.4. The SMILES string of the molecule is CCCC#Cc1cnc2c(c1)C(=O)N([C@@H](C)CO)C[C@H](C)[C@@H](CN(C)C(=O)c1ccccc1)O2. The highest BCUT2D eigenvalue weighted by molar-refractivity contribution is 5.97. The van der Waals surface area contributed by atoms with Crippen molar-refractivity contribution in [3.05, 3.63) is 59.3 Å². The molecule has 0 bridgehead atoms. The van der Waals surface area contributed by atoms with Crippen molar-refractivity contribution in [2.75, 3.05) is 26.7 Å². The minimum absolute atomic E-state index is 0.107. The fourth-order valence-corrected chi connectivity index (χ4v) is 3.83. The summed E-state index contributed by atoms with van der Waals surface area (Å²) < 4.78 is 6.26. The molecule has 0 spiro atoms. The first-order valence-corrected chi connectivity index (χ1v) is 11.7. The van der Waals surface area contributed by atoms with Gasteiger partial charge in [-0.25, -0.2) is 4.98 Å². The van der Waals surface area contributed by atoms with E-state index < -0.39 is 6.10 Å². The number of nitrogens with zero attached hydrogens (tertiary/aromatic N) is 3. The van der Waals surface area contributed by atoms with Gasteiger partial charge in [0.25, 0.3) is 11.8 Å². The van der Waals surface area contributed by atoms with E-state index in [0.29, 0.717) is 29.8 Å². The Labute approximate surface area is 201 Å².